The van der Waals surface area contributed by atoms with E-state index < -0.39 is 73.4 Å². The maximum Gasteiger partial charge on any atom is 0.335 e. The zero-order valence-corrected chi connectivity index (χ0v) is 23.0. The summed E-state index contributed by atoms with van der Waals surface area (Å²) in [6.07, 6.45) is -14.1. The van der Waals surface area contributed by atoms with Crippen LogP contribution in [-0.4, -0.2) is 128 Å². The van der Waals surface area contributed by atoms with E-state index >= 15 is 0 Å². The summed E-state index contributed by atoms with van der Waals surface area (Å²) in [5.41, 5.74) is 0. The van der Waals surface area contributed by atoms with Gasteiger partial charge in [-0.25, -0.2) is 9.59 Å². The number of carboxylic acid groups (broad SMARTS) is 2. The predicted octanol–water partition coefficient (Wildman–Crippen LogP) is -0.527. The monoisotopic (exact) mass is 556 g/mol. The minimum atomic E-state index is -1.39. The van der Waals surface area contributed by atoms with Crippen LogP contribution in [0.1, 0.15) is 55.4 Å². The highest BCUT2D eigenvalue weighted by atomic mass is 16.7. The van der Waals surface area contributed by atoms with E-state index in [2.05, 4.69) is 0 Å². The Hall–Kier alpha value is -1.46. The molecular weight excluding hydrogens is 512 g/mol. The third-order valence-corrected chi connectivity index (χ3v) is 5.25. The number of aliphatic hydroxyl groups is 4. The molecule has 0 aromatic carbocycles. The van der Waals surface area contributed by atoms with Gasteiger partial charge in [0.2, 0.25) is 0 Å². The number of rotatable bonds is 10. The van der Waals surface area contributed by atoms with E-state index in [0.717, 1.165) is 0 Å². The van der Waals surface area contributed by atoms with Gasteiger partial charge in [0, 0.05) is 0 Å². The van der Waals surface area contributed by atoms with Crippen LogP contribution in [0.3, 0.4) is 0 Å². The van der Waals surface area contributed by atoms with Crippen molar-refractivity contribution in [2.24, 2.45) is 0 Å². The first kappa shape index (κ1) is 34.6. The molecule has 2 saturated heterocycles. The normalized spacial score (nSPS) is 35.9. The summed E-state index contributed by atoms with van der Waals surface area (Å²) >= 11 is 0. The maximum absolute atomic E-state index is 11.2. The first-order chi connectivity index (χ1) is 17.5. The van der Waals surface area contributed by atoms with Crippen LogP contribution in [-0.2, 0) is 38.0 Å². The lowest BCUT2D eigenvalue weighted by Crippen LogP contribution is -2.61. The van der Waals surface area contributed by atoms with E-state index in [9.17, 15) is 30.0 Å². The Morgan fingerprint density at radius 2 is 0.789 bits per heavy atom. The minimum absolute atomic E-state index is 0.274. The molecule has 10 atom stereocenters. The van der Waals surface area contributed by atoms with Crippen molar-refractivity contribution in [1.82, 2.24) is 0 Å². The second-order valence-corrected chi connectivity index (χ2v) is 10.2. The fourth-order valence-electron chi connectivity index (χ4n) is 3.77. The Kier molecular flexibility index (Phi) is 14.0. The topological polar surface area (TPSA) is 211 Å². The second kappa shape index (κ2) is 15.4. The molecule has 2 aliphatic rings. The molecule has 14 heteroatoms. The average Bonchev–Trinajstić information content (AvgIpc) is 2.77. The minimum Gasteiger partial charge on any atom is -0.479 e. The van der Waals surface area contributed by atoms with Crippen molar-refractivity contribution in [3.63, 3.8) is 0 Å². The smallest absolute Gasteiger partial charge is 0.335 e. The third kappa shape index (κ3) is 9.93. The zero-order chi connectivity index (χ0) is 29.5. The molecule has 6 unspecified atom stereocenters. The summed E-state index contributed by atoms with van der Waals surface area (Å²) in [7, 11) is 0. The van der Waals surface area contributed by atoms with Gasteiger partial charge in [-0.1, -0.05) is 0 Å². The molecule has 0 spiro atoms. The zero-order valence-electron chi connectivity index (χ0n) is 23.0. The molecule has 0 aromatic rings. The third-order valence-electron chi connectivity index (χ3n) is 5.25. The summed E-state index contributed by atoms with van der Waals surface area (Å²) in [5.74, 6) is -2.54. The molecule has 0 amide bonds. The van der Waals surface area contributed by atoms with Gasteiger partial charge in [0.1, 0.15) is 36.6 Å². The summed E-state index contributed by atoms with van der Waals surface area (Å²) in [4.78, 5) is 22.4. The quantitative estimate of drug-likeness (QED) is 0.200. The molecule has 0 aromatic heterocycles. The predicted molar refractivity (Wildman–Crippen MR) is 129 cm³/mol. The number of hydrogen-bond donors (Lipinski definition) is 6. The van der Waals surface area contributed by atoms with Crippen molar-refractivity contribution >= 4 is 11.9 Å². The van der Waals surface area contributed by atoms with E-state index in [-0.39, 0.29) is 24.4 Å². The van der Waals surface area contributed by atoms with E-state index in [1.807, 2.05) is 0 Å². The maximum atomic E-state index is 11.2. The lowest BCUT2D eigenvalue weighted by Gasteiger charge is -2.41. The summed E-state index contributed by atoms with van der Waals surface area (Å²) in [5, 5.41) is 58.0. The Morgan fingerprint density at radius 1 is 0.526 bits per heavy atom. The molecule has 224 valence electrons. The van der Waals surface area contributed by atoms with Crippen molar-refractivity contribution in [2.45, 2.75) is 141 Å². The molecule has 0 aliphatic carbocycles. The van der Waals surface area contributed by atoms with E-state index in [4.69, 9.17) is 38.6 Å². The van der Waals surface area contributed by atoms with Gasteiger partial charge in [-0.15, -0.1) is 0 Å². The van der Waals surface area contributed by atoms with Gasteiger partial charge < -0.3 is 59.1 Å². The van der Waals surface area contributed by atoms with Gasteiger partial charge in [0.25, 0.3) is 0 Å². The average molecular weight is 557 g/mol. The number of aliphatic carboxylic acids is 2. The van der Waals surface area contributed by atoms with Gasteiger partial charge >= 0.3 is 11.9 Å². The van der Waals surface area contributed by atoms with Crippen LogP contribution < -0.4 is 0 Å². The summed E-state index contributed by atoms with van der Waals surface area (Å²) < 4.78 is 31.6. The molecule has 2 heterocycles. The number of carbonyl (C=O) groups is 2. The first-order valence-corrected chi connectivity index (χ1v) is 12.6. The molecule has 2 rings (SSSR count). The summed E-state index contributed by atoms with van der Waals surface area (Å²) in [6, 6.07) is 0. The molecule has 0 saturated carbocycles. The highest BCUT2D eigenvalue weighted by molar-refractivity contribution is 5.74. The summed E-state index contributed by atoms with van der Waals surface area (Å²) in [6.45, 7) is 13.7. The van der Waals surface area contributed by atoms with Crippen LogP contribution in [0.2, 0.25) is 0 Å². The molecule has 2 fully saturated rings. The molecule has 14 nitrogen and oxygen atoms in total. The lowest BCUT2D eigenvalue weighted by molar-refractivity contribution is -0.310. The Morgan fingerprint density at radius 3 is 1.00 bits per heavy atom. The van der Waals surface area contributed by atoms with Crippen LogP contribution >= 0.6 is 0 Å². The number of ether oxygens (including phenoxy) is 6. The van der Waals surface area contributed by atoms with Crippen molar-refractivity contribution in [3.05, 3.63) is 0 Å². The largest absolute Gasteiger partial charge is 0.479 e. The van der Waals surface area contributed by atoms with Crippen molar-refractivity contribution in [1.29, 1.82) is 0 Å². The van der Waals surface area contributed by atoms with Crippen molar-refractivity contribution in [2.75, 3.05) is 0 Å². The molecule has 0 bridgehead atoms. The fourth-order valence-corrected chi connectivity index (χ4v) is 3.77. The SMILES string of the molecule is CC(C)OC1OC(C(=O)O)C(OC(C)C)C(O)C1O.CC(C)OC1O[C@@H](C(=O)O)[C@@H](OC(C)C)[C@H](O)[C@@H]1O. The van der Waals surface area contributed by atoms with Crippen LogP contribution in [0.5, 0.6) is 0 Å². The number of hydrogen-bond acceptors (Lipinski definition) is 12. The van der Waals surface area contributed by atoms with Crippen molar-refractivity contribution in [3.8, 4) is 0 Å². The van der Waals surface area contributed by atoms with Crippen LogP contribution in [0, 0.1) is 0 Å². The first-order valence-electron chi connectivity index (χ1n) is 12.6. The standard InChI is InChI=1S/2C12H22O7/c2*1-5(2)17-9-7(13)8(14)12(18-6(3)4)19-10(9)11(15)16/h2*5-10,12-14H,1-4H3,(H,15,16)/t7-,8+,9+,10-,12?;/m1./s1. The van der Waals surface area contributed by atoms with Gasteiger partial charge in [-0.3, -0.25) is 0 Å². The van der Waals surface area contributed by atoms with Crippen LogP contribution in [0.4, 0.5) is 0 Å². The van der Waals surface area contributed by atoms with Gasteiger partial charge in [-0.2, -0.15) is 0 Å². The van der Waals surface area contributed by atoms with Gasteiger partial charge in [-0.05, 0) is 55.4 Å². The Bertz CT molecular complexity index is 669. The lowest BCUT2D eigenvalue weighted by atomic mass is 9.98. The fraction of sp³-hybridized carbons (Fsp3) is 0.917. The van der Waals surface area contributed by atoms with Gasteiger partial charge in [0.15, 0.2) is 24.8 Å². The number of aliphatic hydroxyl groups excluding tert-OH is 4. The highest BCUT2D eigenvalue weighted by Gasteiger charge is 2.50. The number of carboxylic acids is 2. The van der Waals surface area contributed by atoms with Crippen LogP contribution in [0.15, 0.2) is 0 Å². The molecule has 38 heavy (non-hydrogen) atoms. The molecule has 2 aliphatic heterocycles. The molecular formula is C24H44O14. The molecule has 6 N–H and O–H groups in total. The van der Waals surface area contributed by atoms with E-state index in [1.165, 1.54) is 0 Å². The Balaban J connectivity index is 0.000000380. The Labute approximate surface area is 222 Å². The van der Waals surface area contributed by atoms with E-state index in [0.29, 0.717) is 0 Å². The van der Waals surface area contributed by atoms with Gasteiger partial charge in [0.05, 0.1) is 24.4 Å². The van der Waals surface area contributed by atoms with Crippen LogP contribution in [0.25, 0.3) is 0 Å². The molecule has 0 radical (unpaired) electrons. The highest BCUT2D eigenvalue weighted by Crippen LogP contribution is 2.27. The van der Waals surface area contributed by atoms with E-state index in [1.54, 1.807) is 55.4 Å². The second-order valence-electron chi connectivity index (χ2n) is 10.2. The van der Waals surface area contributed by atoms with Crippen molar-refractivity contribution < 1.29 is 68.6 Å².